The van der Waals surface area contributed by atoms with Gasteiger partial charge in [-0.3, -0.25) is 0 Å². The van der Waals surface area contributed by atoms with Gasteiger partial charge in [-0.1, -0.05) is 32.7 Å². The highest BCUT2D eigenvalue weighted by Crippen LogP contribution is 2.25. The molecule has 86 valence electrons. The first-order chi connectivity index (χ1) is 6.01. The summed E-state index contributed by atoms with van der Waals surface area (Å²) < 4.78 is 2.35. The van der Waals surface area contributed by atoms with E-state index in [-0.39, 0.29) is 0 Å². The first kappa shape index (κ1) is 14.9. The number of halogens is 2. The minimum atomic E-state index is -1.92. The van der Waals surface area contributed by atoms with Crippen LogP contribution in [-0.4, -0.2) is 43.4 Å². The van der Waals surface area contributed by atoms with Crippen LogP contribution in [0.25, 0.3) is 0 Å². The van der Waals surface area contributed by atoms with E-state index in [0.717, 1.165) is 0 Å². The lowest BCUT2D eigenvalue weighted by Gasteiger charge is -2.45. The molecule has 1 N–H and O–H groups in total. The predicted molar refractivity (Wildman–Crippen MR) is 70.1 cm³/mol. The van der Waals surface area contributed by atoms with Crippen molar-refractivity contribution in [3.05, 3.63) is 0 Å². The van der Waals surface area contributed by atoms with E-state index >= 15 is 0 Å². The topological polar surface area (TPSA) is 23.5 Å². The summed E-state index contributed by atoms with van der Waals surface area (Å²) in [5.41, 5.74) is -0.595. The molecule has 0 heterocycles. The van der Waals surface area contributed by atoms with Crippen LogP contribution in [0.4, 0.5) is 0 Å². The van der Waals surface area contributed by atoms with Gasteiger partial charge in [0.2, 0.25) is 0 Å². The fourth-order valence-electron chi connectivity index (χ4n) is 1.37. The Morgan fingerprint density at radius 3 is 1.64 bits per heavy atom. The Hall–Kier alpha value is 0.934. The monoisotopic (exact) mass is 273 g/mol. The average molecular weight is 274 g/mol. The standard InChI is InChI=1S/C8H21Cl2NOSi2/c1-11(13(2,3)4)14(5,6)8(12)7(9)10/h7-8,12H,1-6H3. The van der Waals surface area contributed by atoms with E-state index < -0.39 is 27.0 Å². The molecule has 0 fully saturated rings. The van der Waals surface area contributed by atoms with Crippen molar-refractivity contribution in [1.29, 1.82) is 0 Å². The third kappa shape index (κ3) is 3.50. The van der Waals surface area contributed by atoms with E-state index in [4.69, 9.17) is 23.2 Å². The lowest BCUT2D eigenvalue weighted by Crippen LogP contribution is -2.65. The van der Waals surface area contributed by atoms with Gasteiger partial charge in [-0.2, -0.15) is 0 Å². The van der Waals surface area contributed by atoms with Gasteiger partial charge in [0.25, 0.3) is 0 Å². The molecule has 6 heteroatoms. The molecule has 0 aliphatic rings. The van der Waals surface area contributed by atoms with Gasteiger partial charge in [-0.15, -0.1) is 23.2 Å². The van der Waals surface area contributed by atoms with Gasteiger partial charge in [0.1, 0.15) is 21.3 Å². The Bertz CT molecular complexity index is 194. The molecule has 0 aromatic heterocycles. The zero-order valence-electron chi connectivity index (χ0n) is 9.81. The summed E-state index contributed by atoms with van der Waals surface area (Å²) in [6.45, 7) is 11.0. The number of nitrogens with zero attached hydrogens (tertiary/aromatic N) is 1. The van der Waals surface area contributed by atoms with Crippen LogP contribution < -0.4 is 0 Å². The third-order valence-electron chi connectivity index (χ3n) is 2.83. The maximum Gasteiger partial charge on any atom is 0.149 e. The van der Waals surface area contributed by atoms with Gasteiger partial charge in [-0.25, -0.2) is 0 Å². The lowest BCUT2D eigenvalue weighted by atomic mass is 10.8. The Morgan fingerprint density at radius 1 is 1.07 bits per heavy atom. The maximum absolute atomic E-state index is 9.97. The van der Waals surface area contributed by atoms with Gasteiger partial charge in [0.05, 0.1) is 5.73 Å². The second-order valence-corrected chi connectivity index (χ2v) is 16.4. The van der Waals surface area contributed by atoms with Crippen molar-refractivity contribution in [1.82, 2.24) is 4.23 Å². The SMILES string of the molecule is CN([Si](C)(C)C)[Si](C)(C)C(O)C(Cl)Cl. The zero-order chi connectivity index (χ0) is 11.7. The fraction of sp³-hybridized carbons (Fsp3) is 1.00. The molecule has 0 spiro atoms. The van der Waals surface area contributed by atoms with Crippen molar-refractivity contribution in [3.63, 3.8) is 0 Å². The van der Waals surface area contributed by atoms with Crippen molar-refractivity contribution in [2.75, 3.05) is 7.05 Å². The molecule has 0 aromatic carbocycles. The molecule has 0 bridgehead atoms. The number of alkyl halides is 2. The maximum atomic E-state index is 9.97. The van der Waals surface area contributed by atoms with Crippen LogP contribution >= 0.6 is 23.2 Å². The van der Waals surface area contributed by atoms with E-state index in [2.05, 4.69) is 44.0 Å². The minimum absolute atomic E-state index is 0.595. The molecule has 0 saturated carbocycles. The summed E-state index contributed by atoms with van der Waals surface area (Å²) in [5.74, 6) is 0. The zero-order valence-corrected chi connectivity index (χ0v) is 13.3. The van der Waals surface area contributed by atoms with Gasteiger partial charge in [-0.05, 0) is 7.05 Å². The molecule has 0 radical (unpaired) electrons. The molecule has 2 nitrogen and oxygen atoms in total. The van der Waals surface area contributed by atoms with E-state index in [1.54, 1.807) is 0 Å². The number of aliphatic hydroxyl groups excluding tert-OH is 1. The summed E-state index contributed by atoms with van der Waals surface area (Å²) in [6, 6.07) is 0. The quantitative estimate of drug-likeness (QED) is 0.629. The van der Waals surface area contributed by atoms with Crippen LogP contribution in [0.15, 0.2) is 0 Å². The highest BCUT2D eigenvalue weighted by molar-refractivity contribution is 6.91. The average Bonchev–Trinajstić information content (AvgIpc) is 1.99. The van der Waals surface area contributed by atoms with Crippen LogP contribution in [0.5, 0.6) is 0 Å². The lowest BCUT2D eigenvalue weighted by molar-refractivity contribution is 0.249. The Morgan fingerprint density at radius 2 is 1.43 bits per heavy atom. The minimum Gasteiger partial charge on any atom is -0.392 e. The summed E-state index contributed by atoms with van der Waals surface area (Å²) in [4.78, 5) is -0.685. The highest BCUT2D eigenvalue weighted by Gasteiger charge is 2.43. The van der Waals surface area contributed by atoms with Crippen LogP contribution in [0.3, 0.4) is 0 Å². The molecule has 0 rings (SSSR count). The van der Waals surface area contributed by atoms with Crippen LogP contribution in [0.1, 0.15) is 0 Å². The van der Waals surface area contributed by atoms with Gasteiger partial charge in [0.15, 0.2) is 0 Å². The second kappa shape index (κ2) is 4.84. The first-order valence-electron chi connectivity index (χ1n) is 4.71. The van der Waals surface area contributed by atoms with Crippen LogP contribution in [0, 0.1) is 0 Å². The summed E-state index contributed by atoms with van der Waals surface area (Å²) in [6.07, 6.45) is 0. The van der Waals surface area contributed by atoms with Gasteiger partial charge < -0.3 is 9.34 Å². The van der Waals surface area contributed by atoms with Crippen molar-refractivity contribution < 1.29 is 5.11 Å². The largest absolute Gasteiger partial charge is 0.392 e. The van der Waals surface area contributed by atoms with Gasteiger partial charge >= 0.3 is 0 Å². The van der Waals surface area contributed by atoms with E-state index in [9.17, 15) is 5.11 Å². The Kier molecular flexibility index (Phi) is 5.17. The third-order valence-corrected chi connectivity index (χ3v) is 13.0. The number of aliphatic hydroxyl groups is 1. The Labute approximate surface area is 99.4 Å². The molecule has 1 atom stereocenters. The fourth-order valence-corrected chi connectivity index (χ4v) is 11.5. The summed E-state index contributed by atoms with van der Waals surface area (Å²) >= 11 is 11.5. The Balaban J connectivity index is 4.77. The number of hydrogen-bond acceptors (Lipinski definition) is 2. The first-order valence-corrected chi connectivity index (χ1v) is 12.1. The molecule has 0 aliphatic carbocycles. The number of rotatable bonds is 4. The van der Waals surface area contributed by atoms with Crippen LogP contribution in [0.2, 0.25) is 32.7 Å². The molecule has 0 aliphatic heterocycles. The molecule has 1 unspecified atom stereocenters. The number of hydrogen-bond donors (Lipinski definition) is 1. The van der Waals surface area contributed by atoms with Gasteiger partial charge in [0, 0.05) is 0 Å². The molecule has 14 heavy (non-hydrogen) atoms. The molecular weight excluding hydrogens is 253 g/mol. The van der Waals surface area contributed by atoms with E-state index in [1.165, 1.54) is 0 Å². The van der Waals surface area contributed by atoms with Crippen LogP contribution in [-0.2, 0) is 0 Å². The van der Waals surface area contributed by atoms with Crippen molar-refractivity contribution in [2.45, 2.75) is 43.3 Å². The molecule has 0 aromatic rings. The highest BCUT2D eigenvalue weighted by atomic mass is 35.5. The second-order valence-electron chi connectivity index (χ2n) is 5.16. The van der Waals surface area contributed by atoms with E-state index in [1.807, 2.05) is 0 Å². The molecule has 0 amide bonds. The molecule has 0 saturated heterocycles. The van der Waals surface area contributed by atoms with Crippen molar-refractivity contribution in [3.8, 4) is 0 Å². The predicted octanol–water partition coefficient (Wildman–Crippen LogP) is 2.66. The van der Waals surface area contributed by atoms with Crippen molar-refractivity contribution >= 4 is 39.7 Å². The molecular formula is C8H21Cl2NOSi2. The smallest absolute Gasteiger partial charge is 0.149 e. The normalized spacial score (nSPS) is 16.5. The van der Waals surface area contributed by atoms with Crippen molar-refractivity contribution in [2.24, 2.45) is 0 Å². The van der Waals surface area contributed by atoms with E-state index in [0.29, 0.717) is 0 Å². The summed E-state index contributed by atoms with van der Waals surface area (Å²) in [5, 5.41) is 9.97. The summed E-state index contributed by atoms with van der Waals surface area (Å²) in [7, 11) is -1.23.